The summed E-state index contributed by atoms with van der Waals surface area (Å²) in [5.41, 5.74) is 2.54. The van der Waals surface area contributed by atoms with Crippen LogP contribution in [0.1, 0.15) is 136 Å². The Hall–Kier alpha value is -3.38. The first-order valence-electron chi connectivity index (χ1n) is 17.0. The second-order valence-electron chi connectivity index (χ2n) is 17.6. The normalized spacial score (nSPS) is 14.1. The van der Waals surface area contributed by atoms with Crippen molar-refractivity contribution < 1.29 is 24.1 Å². The van der Waals surface area contributed by atoms with Gasteiger partial charge in [0.25, 0.3) is 0 Å². The maximum absolute atomic E-state index is 14.3. The van der Waals surface area contributed by atoms with Crippen LogP contribution in [0.25, 0.3) is 0 Å². The van der Waals surface area contributed by atoms with Crippen LogP contribution in [0, 0.1) is 11.7 Å². The minimum atomic E-state index is -1.67. The van der Waals surface area contributed by atoms with Crippen LogP contribution in [0.3, 0.4) is 0 Å². The van der Waals surface area contributed by atoms with Crippen molar-refractivity contribution in [2.75, 3.05) is 14.2 Å². The van der Waals surface area contributed by atoms with Gasteiger partial charge in [0.2, 0.25) is 0 Å². The SMILES string of the molecule is COc1c(C(C)(C)C)cc(C(O)(c2cc(C(C)(C)C)c(OC)c(C(C)(C)C)c2)C(N=Cc2cc(F)ccc2O)C(C)C)cc1C(C)(C)C. The van der Waals surface area contributed by atoms with Gasteiger partial charge < -0.3 is 19.7 Å². The molecule has 0 aliphatic heterocycles. The summed E-state index contributed by atoms with van der Waals surface area (Å²) in [5.74, 6) is 0.852. The maximum Gasteiger partial charge on any atom is 0.137 e. The summed E-state index contributed by atoms with van der Waals surface area (Å²) in [4.78, 5) is 5.01. The van der Waals surface area contributed by atoms with Crippen LogP contribution in [0.4, 0.5) is 4.39 Å². The van der Waals surface area contributed by atoms with Gasteiger partial charge in [-0.05, 0) is 81.2 Å². The smallest absolute Gasteiger partial charge is 0.137 e. The minimum absolute atomic E-state index is 0.0878. The lowest BCUT2D eigenvalue weighted by atomic mass is 9.69. The Morgan fingerprint density at radius 1 is 0.646 bits per heavy atom. The largest absolute Gasteiger partial charge is 0.507 e. The zero-order valence-corrected chi connectivity index (χ0v) is 32.3. The van der Waals surface area contributed by atoms with Crippen LogP contribution in [0.5, 0.6) is 17.2 Å². The van der Waals surface area contributed by atoms with Crippen LogP contribution in [-0.2, 0) is 27.3 Å². The lowest BCUT2D eigenvalue weighted by Crippen LogP contribution is -2.44. The van der Waals surface area contributed by atoms with E-state index >= 15 is 0 Å². The van der Waals surface area contributed by atoms with Crippen LogP contribution in [-0.4, -0.2) is 36.7 Å². The number of aliphatic hydroxyl groups is 1. The molecule has 0 saturated carbocycles. The molecule has 1 unspecified atom stereocenters. The first-order valence-corrected chi connectivity index (χ1v) is 17.0. The van der Waals surface area contributed by atoms with Crippen molar-refractivity contribution in [3.63, 3.8) is 0 Å². The Kier molecular flexibility index (Phi) is 11.0. The molecule has 0 spiro atoms. The van der Waals surface area contributed by atoms with Gasteiger partial charge >= 0.3 is 0 Å². The number of phenols is 1. The molecule has 1 atom stereocenters. The third-order valence-corrected chi connectivity index (χ3v) is 9.12. The lowest BCUT2D eigenvalue weighted by Gasteiger charge is -2.41. The predicted octanol–water partition coefficient (Wildman–Crippen LogP) is 10.1. The Balaban J connectivity index is 2.66. The zero-order chi connectivity index (χ0) is 36.8. The monoisotopic (exact) mass is 661 g/mol. The van der Waals surface area contributed by atoms with Crippen LogP contribution in [0.2, 0.25) is 0 Å². The van der Waals surface area contributed by atoms with Crippen molar-refractivity contribution in [1.82, 2.24) is 0 Å². The quantitative estimate of drug-likeness (QED) is 0.236. The lowest BCUT2D eigenvalue weighted by molar-refractivity contribution is 0.0359. The number of phenolic OH excluding ortho intramolecular Hbond substituents is 1. The number of halogens is 1. The average Bonchev–Trinajstić information content (AvgIpc) is 2.95. The second kappa shape index (κ2) is 13.5. The molecule has 48 heavy (non-hydrogen) atoms. The molecule has 264 valence electrons. The van der Waals surface area contributed by atoms with Crippen LogP contribution in [0.15, 0.2) is 47.5 Å². The molecule has 0 aliphatic carbocycles. The molecular weight excluding hydrogens is 601 g/mol. The van der Waals surface area contributed by atoms with Gasteiger partial charge in [-0.25, -0.2) is 4.39 Å². The number of benzene rings is 3. The van der Waals surface area contributed by atoms with Gasteiger partial charge in [-0.2, -0.15) is 0 Å². The first-order chi connectivity index (χ1) is 21.8. The van der Waals surface area contributed by atoms with Gasteiger partial charge in [0.15, 0.2) is 0 Å². The van der Waals surface area contributed by atoms with E-state index in [-0.39, 0.29) is 38.9 Å². The molecule has 0 bridgehead atoms. The van der Waals surface area contributed by atoms with Gasteiger partial charge in [-0.1, -0.05) is 96.9 Å². The number of aromatic hydroxyl groups is 1. The van der Waals surface area contributed by atoms with Gasteiger partial charge in [-0.3, -0.25) is 4.99 Å². The molecule has 0 amide bonds. The molecular formula is C42H60FNO4. The number of nitrogens with zero attached hydrogens (tertiary/aromatic N) is 1. The molecule has 2 N–H and O–H groups in total. The summed E-state index contributed by atoms with van der Waals surface area (Å²) in [5, 5.41) is 24.3. The molecule has 0 saturated heterocycles. The molecule has 0 fully saturated rings. The fraction of sp³-hybridized carbons (Fsp3) is 0.548. The second-order valence-corrected chi connectivity index (χ2v) is 17.6. The van der Waals surface area contributed by atoms with E-state index in [1.807, 2.05) is 13.8 Å². The van der Waals surface area contributed by atoms with E-state index < -0.39 is 17.5 Å². The van der Waals surface area contributed by atoms with E-state index in [2.05, 4.69) is 107 Å². The number of hydrogen-bond acceptors (Lipinski definition) is 5. The highest BCUT2D eigenvalue weighted by molar-refractivity contribution is 5.83. The predicted molar refractivity (Wildman–Crippen MR) is 198 cm³/mol. The molecule has 0 aromatic heterocycles. The highest BCUT2D eigenvalue weighted by Gasteiger charge is 2.45. The van der Waals surface area contributed by atoms with E-state index in [0.717, 1.165) is 33.8 Å². The van der Waals surface area contributed by atoms with Crippen LogP contribution < -0.4 is 9.47 Å². The first kappa shape index (κ1) is 39.1. The maximum atomic E-state index is 14.3. The summed E-state index contributed by atoms with van der Waals surface area (Å²) in [6, 6.07) is 11.3. The van der Waals surface area contributed by atoms with E-state index in [4.69, 9.17) is 14.5 Å². The number of methoxy groups -OCH3 is 2. The molecule has 6 heteroatoms. The fourth-order valence-corrected chi connectivity index (χ4v) is 6.43. The van der Waals surface area contributed by atoms with Crippen molar-refractivity contribution in [2.24, 2.45) is 10.9 Å². The number of rotatable bonds is 8. The minimum Gasteiger partial charge on any atom is -0.507 e. The van der Waals surface area contributed by atoms with E-state index in [9.17, 15) is 14.6 Å². The molecule has 5 nitrogen and oxygen atoms in total. The standard InChI is InChI=1S/C42H60FNO4/c1-25(2)37(44-24-26-19-29(43)17-18-34(26)45)42(46,27-20-30(38(3,4)5)35(47-15)31(21-27)39(6,7)8)28-22-32(40(9,10)11)36(48-16)33(23-28)41(12,13)14/h17-25,37,45-46H,1-16H3. The molecule has 0 aliphatic rings. The van der Waals surface area contributed by atoms with Crippen molar-refractivity contribution >= 4 is 6.21 Å². The van der Waals surface area contributed by atoms with Gasteiger partial charge in [0.1, 0.15) is 28.7 Å². The Morgan fingerprint density at radius 3 is 1.29 bits per heavy atom. The summed E-state index contributed by atoms with van der Waals surface area (Å²) in [6.07, 6.45) is 1.48. The summed E-state index contributed by atoms with van der Waals surface area (Å²) >= 11 is 0. The highest BCUT2D eigenvalue weighted by Crippen LogP contribution is 2.49. The van der Waals surface area contributed by atoms with Crippen molar-refractivity contribution in [2.45, 2.75) is 130 Å². The topological polar surface area (TPSA) is 71.3 Å². The fourth-order valence-electron chi connectivity index (χ4n) is 6.43. The van der Waals surface area contributed by atoms with Crippen LogP contribution >= 0.6 is 0 Å². The number of aliphatic imine (C=N–C) groups is 1. The van der Waals surface area contributed by atoms with E-state index in [1.54, 1.807) is 14.2 Å². The number of ether oxygens (including phenoxy) is 2. The zero-order valence-electron chi connectivity index (χ0n) is 32.3. The van der Waals surface area contributed by atoms with Gasteiger partial charge in [0, 0.05) is 34.0 Å². The molecule has 3 aromatic rings. The summed E-state index contributed by atoms with van der Waals surface area (Å²) in [6.45, 7) is 29.8. The molecule has 3 rings (SSSR count). The molecule has 0 heterocycles. The highest BCUT2D eigenvalue weighted by atomic mass is 19.1. The molecule has 3 aromatic carbocycles. The Labute approximate surface area is 289 Å². The van der Waals surface area contributed by atoms with Crippen molar-refractivity contribution in [3.05, 3.63) is 87.2 Å². The van der Waals surface area contributed by atoms with E-state index in [0.29, 0.717) is 11.1 Å². The third-order valence-electron chi connectivity index (χ3n) is 9.12. The molecule has 0 radical (unpaired) electrons. The Morgan fingerprint density at radius 2 is 1.00 bits per heavy atom. The third kappa shape index (κ3) is 7.91. The Bertz CT molecular complexity index is 1490. The van der Waals surface area contributed by atoms with E-state index in [1.165, 1.54) is 24.4 Å². The van der Waals surface area contributed by atoms with Gasteiger partial charge in [0.05, 0.1) is 20.3 Å². The summed E-state index contributed by atoms with van der Waals surface area (Å²) in [7, 11) is 3.40. The summed E-state index contributed by atoms with van der Waals surface area (Å²) < 4.78 is 26.5. The van der Waals surface area contributed by atoms with Gasteiger partial charge in [-0.15, -0.1) is 0 Å². The van der Waals surface area contributed by atoms with Crippen molar-refractivity contribution in [1.29, 1.82) is 0 Å². The van der Waals surface area contributed by atoms with Crippen molar-refractivity contribution in [3.8, 4) is 17.2 Å². The average molecular weight is 662 g/mol. The number of hydrogen-bond donors (Lipinski definition) is 2.